The lowest BCUT2D eigenvalue weighted by atomic mass is 9.82. The minimum Gasteiger partial charge on any atom is -0.456 e. The zero-order valence-corrected chi connectivity index (χ0v) is 68.0. The molecule has 8 heterocycles. The van der Waals surface area contributed by atoms with Crippen LogP contribution in [0.25, 0.3) is 230 Å². The van der Waals surface area contributed by atoms with Gasteiger partial charge in [0.15, 0.2) is 0 Å². The number of hydrogen-bond acceptors (Lipinski definition) is 5. The SMILES string of the molecule is CC1(C)c2ccccc2-c2cc(-c3ccc(-n4c5ccccc5c5ccc6c7ccccc7sc6c54)cc3)ccc21.c1ccc2c(c1)oc1ccc(-c3ccc(-n4c5ccccc5c5ccc6c7ccccc7sc6c54)cc3)cc12.c1ccc2c(c1)sc1c(-c3ccc(-n4c5ccccc5c5ccc6c7ccccc7sc6c54)cc3)cccc12. The first-order valence-corrected chi connectivity index (χ1v) is 43.9. The van der Waals surface area contributed by atoms with Gasteiger partial charge in [-0.05, 0) is 159 Å². The summed E-state index contributed by atoms with van der Waals surface area (Å²) in [5, 5.41) is 20.8. The minimum atomic E-state index is 0.0305. The molecule has 119 heavy (non-hydrogen) atoms. The van der Waals surface area contributed by atoms with Crippen molar-refractivity contribution in [3.63, 3.8) is 0 Å². The maximum atomic E-state index is 6.05. The summed E-state index contributed by atoms with van der Waals surface area (Å²) in [6.45, 7) is 4.68. The third kappa shape index (κ3) is 10.4. The van der Waals surface area contributed by atoms with Gasteiger partial charge in [-0.2, -0.15) is 0 Å². The van der Waals surface area contributed by atoms with Crippen LogP contribution in [0, 0.1) is 0 Å². The van der Waals surface area contributed by atoms with E-state index in [0.29, 0.717) is 0 Å². The molecule has 1 aliphatic rings. The molecule has 0 unspecified atom stereocenters. The number of furan rings is 1. The lowest BCUT2D eigenvalue weighted by Gasteiger charge is -2.21. The van der Waals surface area contributed by atoms with E-state index in [1.54, 1.807) is 0 Å². The van der Waals surface area contributed by atoms with Crippen molar-refractivity contribution in [2.45, 2.75) is 19.3 Å². The van der Waals surface area contributed by atoms with E-state index in [2.05, 4.69) is 398 Å². The number of rotatable bonds is 6. The topological polar surface area (TPSA) is 27.9 Å². The quantitative estimate of drug-likeness (QED) is 0.163. The van der Waals surface area contributed by atoms with Crippen molar-refractivity contribution in [3.05, 3.63) is 393 Å². The Labute approximate surface area is 700 Å². The van der Waals surface area contributed by atoms with Crippen LogP contribution in [-0.4, -0.2) is 13.7 Å². The van der Waals surface area contributed by atoms with Crippen LogP contribution in [0.5, 0.6) is 0 Å². The first-order chi connectivity index (χ1) is 58.8. The number of nitrogens with zero attached hydrogens (tertiary/aromatic N) is 3. The largest absolute Gasteiger partial charge is 0.456 e. The third-order valence-electron chi connectivity index (χ3n) is 25.3. The molecule has 8 heteroatoms. The molecule has 1 aliphatic carbocycles. The summed E-state index contributed by atoms with van der Waals surface area (Å²) in [5.41, 5.74) is 26.1. The van der Waals surface area contributed by atoms with Crippen molar-refractivity contribution >= 4 is 213 Å². The van der Waals surface area contributed by atoms with Gasteiger partial charge in [-0.1, -0.05) is 293 Å². The van der Waals surface area contributed by atoms with Crippen LogP contribution >= 0.6 is 45.3 Å². The van der Waals surface area contributed by atoms with Gasteiger partial charge in [0.25, 0.3) is 0 Å². The summed E-state index contributed by atoms with van der Waals surface area (Å²) in [7, 11) is 0. The normalized spacial score (nSPS) is 12.7. The fraction of sp³-hybridized carbons (Fsp3) is 0.0270. The fourth-order valence-electron chi connectivity index (χ4n) is 19.7. The highest BCUT2D eigenvalue weighted by Crippen LogP contribution is 2.52. The number of benzene rings is 18. The van der Waals surface area contributed by atoms with E-state index in [9.17, 15) is 0 Å². The number of thiophene rings is 4. The lowest BCUT2D eigenvalue weighted by molar-refractivity contribution is 0.660. The molecular weight excluding hydrogens is 1520 g/mol. The van der Waals surface area contributed by atoms with Gasteiger partial charge in [0, 0.05) is 132 Å². The van der Waals surface area contributed by atoms with Gasteiger partial charge in [-0.15, -0.1) is 45.3 Å². The molecule has 0 spiro atoms. The highest BCUT2D eigenvalue weighted by atomic mass is 32.1. The zero-order chi connectivity index (χ0) is 78.3. The van der Waals surface area contributed by atoms with Crippen LogP contribution in [0.2, 0.25) is 0 Å². The molecular formula is C111H69N3OS4. The van der Waals surface area contributed by atoms with Gasteiger partial charge in [-0.25, -0.2) is 0 Å². The molecule has 0 saturated carbocycles. The van der Waals surface area contributed by atoms with Crippen molar-refractivity contribution in [3.8, 4) is 61.6 Å². The van der Waals surface area contributed by atoms with E-state index < -0.39 is 0 Å². The van der Waals surface area contributed by atoms with Gasteiger partial charge in [0.05, 0.1) is 47.2 Å². The van der Waals surface area contributed by atoms with Crippen LogP contribution in [-0.2, 0) is 5.41 Å². The smallest absolute Gasteiger partial charge is 0.135 e. The molecule has 558 valence electrons. The van der Waals surface area contributed by atoms with Gasteiger partial charge in [0.2, 0.25) is 0 Å². The van der Waals surface area contributed by atoms with Crippen molar-refractivity contribution in [2.24, 2.45) is 0 Å². The minimum absolute atomic E-state index is 0.0305. The van der Waals surface area contributed by atoms with E-state index in [0.717, 1.165) is 21.9 Å². The van der Waals surface area contributed by atoms with E-state index in [1.807, 2.05) is 57.5 Å². The Balaban J connectivity index is 0.0000000992. The predicted molar refractivity (Wildman–Crippen MR) is 515 cm³/mol. The van der Waals surface area contributed by atoms with E-state index >= 15 is 0 Å². The predicted octanol–water partition coefficient (Wildman–Crippen LogP) is 33.0. The van der Waals surface area contributed by atoms with Crippen LogP contribution < -0.4 is 0 Å². The maximum Gasteiger partial charge on any atom is 0.135 e. The summed E-state index contributed by atoms with van der Waals surface area (Å²) in [6, 6.07) is 140. The molecule has 27 rings (SSSR count). The summed E-state index contributed by atoms with van der Waals surface area (Å²) < 4.78 is 24.2. The van der Waals surface area contributed by atoms with E-state index in [4.69, 9.17) is 4.42 Å². The summed E-state index contributed by atoms with van der Waals surface area (Å²) in [4.78, 5) is 0. The molecule has 0 radical (unpaired) electrons. The van der Waals surface area contributed by atoms with Crippen LogP contribution in [0.15, 0.2) is 387 Å². The Morgan fingerprint density at radius 3 is 1.02 bits per heavy atom. The van der Waals surface area contributed by atoms with Crippen molar-refractivity contribution in [2.75, 3.05) is 0 Å². The summed E-state index contributed by atoms with van der Waals surface area (Å²) in [6.07, 6.45) is 0. The van der Waals surface area contributed by atoms with Crippen molar-refractivity contribution in [1.82, 2.24) is 13.7 Å². The Bertz CT molecular complexity index is 8700. The highest BCUT2D eigenvalue weighted by Gasteiger charge is 2.35. The lowest BCUT2D eigenvalue weighted by Crippen LogP contribution is -2.14. The molecule has 26 aromatic rings. The standard InChI is InChI=1S/C39H27NS.C36H21NOS.C36H21NS2/c1-39(2)33-12-6-3-9-27(33)32-23-25(17-22-34(32)39)24-15-18-26(19-16-24)40-35-13-7-4-10-28(35)30-20-21-31-29-11-5-8-14-36(29)41-38(31)37(30)40;1-4-10-31-25(7-1)28-18-19-29-27-9-3-6-12-34(27)39-36(29)35(28)37(31)24-16-13-22(14-17-24)23-15-20-33-30(21-23)26-8-2-5-11-32(26)38-33;1-4-13-31-25(8-1)28-20-21-30-27-10-3-6-15-33(27)39-36(30)34(28)37(31)23-18-16-22(17-19-23)24-11-7-12-29-26-9-2-5-14-32(26)38-35(24)29/h3-23H,1-2H3;2*1-21H. The number of para-hydroxylation sites is 4. The molecule has 8 aromatic heterocycles. The molecule has 0 atom stereocenters. The first kappa shape index (κ1) is 68.3. The molecule has 0 saturated heterocycles. The number of hydrogen-bond donors (Lipinski definition) is 0. The first-order valence-electron chi connectivity index (χ1n) is 40.7. The molecule has 18 aromatic carbocycles. The Morgan fingerprint density at radius 1 is 0.210 bits per heavy atom. The van der Waals surface area contributed by atoms with Crippen molar-refractivity contribution < 1.29 is 4.42 Å². The van der Waals surface area contributed by atoms with Crippen LogP contribution in [0.3, 0.4) is 0 Å². The van der Waals surface area contributed by atoms with Crippen molar-refractivity contribution in [1.29, 1.82) is 0 Å². The Hall–Kier alpha value is -14.0. The molecule has 0 N–H and O–H groups in total. The molecule has 4 nitrogen and oxygen atoms in total. The molecule has 0 aliphatic heterocycles. The average Bonchev–Trinajstić information content (AvgIpc) is 1.58. The average molecular weight is 1590 g/mol. The van der Waals surface area contributed by atoms with Crippen LogP contribution in [0.1, 0.15) is 25.0 Å². The fourth-order valence-corrected chi connectivity index (χ4v) is 24.6. The highest BCUT2D eigenvalue weighted by molar-refractivity contribution is 7.28. The van der Waals surface area contributed by atoms with Crippen LogP contribution in [0.4, 0.5) is 0 Å². The van der Waals surface area contributed by atoms with Gasteiger partial charge in [0.1, 0.15) is 11.2 Å². The molecule has 0 amide bonds. The van der Waals surface area contributed by atoms with E-state index in [-0.39, 0.29) is 5.41 Å². The molecule has 0 bridgehead atoms. The van der Waals surface area contributed by atoms with Gasteiger partial charge >= 0.3 is 0 Å². The maximum absolute atomic E-state index is 6.05. The van der Waals surface area contributed by atoms with Gasteiger partial charge in [-0.3, -0.25) is 0 Å². The van der Waals surface area contributed by atoms with Gasteiger partial charge < -0.3 is 18.1 Å². The second kappa shape index (κ2) is 26.5. The zero-order valence-electron chi connectivity index (χ0n) is 64.8. The third-order valence-corrected chi connectivity index (χ3v) is 30.1. The van der Waals surface area contributed by atoms with E-state index in [1.165, 1.54) is 219 Å². The monoisotopic (exact) mass is 1590 g/mol. The second-order valence-electron chi connectivity index (χ2n) is 32.0. The number of aromatic nitrogens is 3. The number of fused-ring (bicyclic) bond motifs is 30. The molecule has 0 fully saturated rings. The Morgan fingerprint density at radius 2 is 0.538 bits per heavy atom. The second-order valence-corrected chi connectivity index (χ2v) is 36.2. The summed E-state index contributed by atoms with van der Waals surface area (Å²) >= 11 is 7.58. The Kier molecular flexibility index (Phi) is 15.2. The summed E-state index contributed by atoms with van der Waals surface area (Å²) in [5.74, 6) is 0.